The Morgan fingerprint density at radius 2 is 1.00 bits per heavy atom. The summed E-state index contributed by atoms with van der Waals surface area (Å²) in [6, 6.07) is -0.305. The molecule has 0 atom stereocenters. The average molecular weight is 523 g/mol. The maximum Gasteiger partial charge on any atom is 0.327 e. The molecule has 2 aliphatic rings. The monoisotopic (exact) mass is 522 g/mol. The first kappa shape index (κ1) is 31.1. The number of amides is 6. The minimum absolute atomic E-state index is 0.0743. The standard InChI is InChI=1S/C28H50N4O5/c1-7-29-21-23(33)31(25(29)35)17-15-27(3,4)13-9-11-19-37-20-12-10-14-28(5,6)16-18-32-24(34)22-30(8-2)26(32)36/h7-22H2,1-6H3. The van der Waals surface area contributed by atoms with E-state index in [-0.39, 0.29) is 47.8 Å². The third-order valence-corrected chi connectivity index (χ3v) is 7.83. The number of carbonyl (C=O) groups is 4. The third kappa shape index (κ3) is 9.58. The van der Waals surface area contributed by atoms with Crippen molar-refractivity contribution in [3.8, 4) is 0 Å². The van der Waals surface area contributed by atoms with E-state index in [2.05, 4.69) is 27.7 Å². The fourth-order valence-electron chi connectivity index (χ4n) is 4.92. The Labute approximate surface area is 223 Å². The summed E-state index contributed by atoms with van der Waals surface area (Å²) in [5.41, 5.74) is 0.149. The van der Waals surface area contributed by atoms with E-state index < -0.39 is 0 Å². The molecule has 9 heteroatoms. The molecule has 2 saturated heterocycles. The molecular weight excluding hydrogens is 472 g/mol. The zero-order chi connectivity index (χ0) is 27.6. The molecule has 9 nitrogen and oxygen atoms in total. The van der Waals surface area contributed by atoms with Crippen molar-refractivity contribution in [3.63, 3.8) is 0 Å². The largest absolute Gasteiger partial charge is 0.381 e. The maximum atomic E-state index is 12.2. The van der Waals surface area contributed by atoms with E-state index in [1.54, 1.807) is 9.80 Å². The molecule has 0 spiro atoms. The molecule has 212 valence electrons. The molecule has 2 aliphatic heterocycles. The molecule has 2 fully saturated rings. The average Bonchev–Trinajstić information content (AvgIpc) is 3.27. The van der Waals surface area contributed by atoms with Gasteiger partial charge in [-0.05, 0) is 63.2 Å². The molecular formula is C28H50N4O5. The summed E-state index contributed by atoms with van der Waals surface area (Å²) in [6.07, 6.45) is 7.84. The van der Waals surface area contributed by atoms with Crippen LogP contribution in [-0.4, -0.2) is 96.0 Å². The van der Waals surface area contributed by atoms with Crippen LogP contribution < -0.4 is 0 Å². The van der Waals surface area contributed by atoms with Crippen LogP contribution in [0.4, 0.5) is 9.59 Å². The molecule has 0 aliphatic carbocycles. The van der Waals surface area contributed by atoms with Crippen LogP contribution in [-0.2, 0) is 14.3 Å². The summed E-state index contributed by atoms with van der Waals surface area (Å²) in [4.78, 5) is 54.6. The summed E-state index contributed by atoms with van der Waals surface area (Å²) in [7, 11) is 0. The lowest BCUT2D eigenvalue weighted by atomic mass is 9.83. The first-order chi connectivity index (χ1) is 17.4. The van der Waals surface area contributed by atoms with Gasteiger partial charge >= 0.3 is 12.1 Å². The fourth-order valence-corrected chi connectivity index (χ4v) is 4.92. The molecule has 0 aromatic rings. The van der Waals surface area contributed by atoms with E-state index in [4.69, 9.17) is 4.74 Å². The van der Waals surface area contributed by atoms with Gasteiger partial charge in [-0.1, -0.05) is 40.5 Å². The molecule has 0 unspecified atom stereocenters. The van der Waals surface area contributed by atoms with Gasteiger partial charge in [-0.3, -0.25) is 19.4 Å². The van der Waals surface area contributed by atoms with Gasteiger partial charge in [0.15, 0.2) is 0 Å². The van der Waals surface area contributed by atoms with Crippen LogP contribution in [0.2, 0.25) is 0 Å². The molecule has 0 N–H and O–H groups in total. The number of urea groups is 2. The van der Waals surface area contributed by atoms with Crippen molar-refractivity contribution in [1.29, 1.82) is 0 Å². The lowest BCUT2D eigenvalue weighted by Gasteiger charge is -2.27. The smallest absolute Gasteiger partial charge is 0.327 e. The summed E-state index contributed by atoms with van der Waals surface area (Å²) in [5, 5.41) is 0. The van der Waals surface area contributed by atoms with Crippen molar-refractivity contribution < 1.29 is 23.9 Å². The first-order valence-corrected chi connectivity index (χ1v) is 14.2. The molecule has 0 saturated carbocycles. The van der Waals surface area contributed by atoms with Gasteiger partial charge in [0.25, 0.3) is 0 Å². The summed E-state index contributed by atoms with van der Waals surface area (Å²) >= 11 is 0. The SMILES string of the molecule is CCN1CC(=O)N(CCC(C)(C)CCCCOCCCCC(C)(C)CCN2C(=O)CN(CC)C2=O)C1=O. The Hall–Kier alpha value is -2.16. The highest BCUT2D eigenvalue weighted by Gasteiger charge is 2.36. The molecule has 2 rings (SSSR count). The Bertz CT molecular complexity index is 733. The van der Waals surface area contributed by atoms with Crippen molar-refractivity contribution in [2.45, 2.75) is 92.9 Å². The highest BCUT2D eigenvalue weighted by Crippen LogP contribution is 2.30. The third-order valence-electron chi connectivity index (χ3n) is 7.83. The number of imide groups is 2. The summed E-state index contributed by atoms with van der Waals surface area (Å²) in [5.74, 6) is -0.168. The Morgan fingerprint density at radius 3 is 1.32 bits per heavy atom. The molecule has 0 aromatic carbocycles. The quantitative estimate of drug-likeness (QED) is 0.191. The van der Waals surface area contributed by atoms with Gasteiger partial charge in [-0.2, -0.15) is 0 Å². The lowest BCUT2D eigenvalue weighted by molar-refractivity contribution is -0.126. The minimum atomic E-state index is -0.153. The van der Waals surface area contributed by atoms with Crippen LogP contribution in [0.15, 0.2) is 0 Å². The topological polar surface area (TPSA) is 90.5 Å². The number of likely N-dealkylation sites (N-methyl/N-ethyl adjacent to an activating group) is 2. The summed E-state index contributed by atoms with van der Waals surface area (Å²) in [6.45, 7) is 16.7. The van der Waals surface area contributed by atoms with E-state index >= 15 is 0 Å². The van der Waals surface area contributed by atoms with Crippen LogP contribution in [0.3, 0.4) is 0 Å². The number of nitrogens with zero attached hydrogens (tertiary/aromatic N) is 4. The zero-order valence-corrected chi connectivity index (χ0v) is 24.1. The Morgan fingerprint density at radius 1 is 0.622 bits per heavy atom. The molecule has 0 radical (unpaired) electrons. The van der Waals surface area contributed by atoms with Crippen molar-refractivity contribution in [2.75, 3.05) is 52.5 Å². The normalized spacial score (nSPS) is 17.2. The molecule has 37 heavy (non-hydrogen) atoms. The maximum absolute atomic E-state index is 12.2. The van der Waals surface area contributed by atoms with E-state index in [0.29, 0.717) is 26.2 Å². The highest BCUT2D eigenvalue weighted by molar-refractivity contribution is 6.02. The molecule has 0 bridgehead atoms. The van der Waals surface area contributed by atoms with Crippen LogP contribution in [0.1, 0.15) is 92.9 Å². The van der Waals surface area contributed by atoms with E-state index in [1.807, 2.05) is 13.8 Å². The van der Waals surface area contributed by atoms with E-state index in [9.17, 15) is 19.2 Å². The van der Waals surface area contributed by atoms with Crippen molar-refractivity contribution in [2.24, 2.45) is 10.8 Å². The van der Waals surface area contributed by atoms with Crippen molar-refractivity contribution in [1.82, 2.24) is 19.6 Å². The number of rotatable bonds is 18. The lowest BCUT2D eigenvalue weighted by Crippen LogP contribution is -2.35. The predicted molar refractivity (Wildman–Crippen MR) is 144 cm³/mol. The number of hydrogen-bond donors (Lipinski definition) is 0. The minimum Gasteiger partial charge on any atom is -0.381 e. The van der Waals surface area contributed by atoms with E-state index in [1.165, 1.54) is 9.80 Å². The van der Waals surface area contributed by atoms with Crippen LogP contribution in [0.5, 0.6) is 0 Å². The van der Waals surface area contributed by atoms with Crippen LogP contribution >= 0.6 is 0 Å². The fraction of sp³-hybridized carbons (Fsp3) is 0.857. The van der Waals surface area contributed by atoms with Gasteiger partial charge in [-0.25, -0.2) is 9.59 Å². The molecule has 2 heterocycles. The van der Waals surface area contributed by atoms with Gasteiger partial charge in [0.05, 0.1) is 0 Å². The van der Waals surface area contributed by atoms with Gasteiger partial charge < -0.3 is 14.5 Å². The van der Waals surface area contributed by atoms with Gasteiger partial charge in [0.1, 0.15) is 13.1 Å². The van der Waals surface area contributed by atoms with Crippen LogP contribution in [0, 0.1) is 10.8 Å². The second-order valence-corrected chi connectivity index (χ2v) is 12.0. The van der Waals surface area contributed by atoms with Gasteiger partial charge in [-0.15, -0.1) is 0 Å². The van der Waals surface area contributed by atoms with Gasteiger partial charge in [0, 0.05) is 39.4 Å². The Kier molecular flexibility index (Phi) is 11.9. The summed E-state index contributed by atoms with van der Waals surface area (Å²) < 4.78 is 5.84. The second-order valence-electron chi connectivity index (χ2n) is 12.0. The molecule has 0 aromatic heterocycles. The highest BCUT2D eigenvalue weighted by atomic mass is 16.5. The zero-order valence-electron chi connectivity index (χ0n) is 24.1. The first-order valence-electron chi connectivity index (χ1n) is 14.2. The second kappa shape index (κ2) is 14.1. The van der Waals surface area contributed by atoms with E-state index in [0.717, 1.165) is 64.6 Å². The van der Waals surface area contributed by atoms with Crippen LogP contribution in [0.25, 0.3) is 0 Å². The van der Waals surface area contributed by atoms with Gasteiger partial charge in [0.2, 0.25) is 11.8 Å². The number of carbonyl (C=O) groups excluding carboxylic acids is 4. The predicted octanol–water partition coefficient (Wildman–Crippen LogP) is 4.74. The Balaban J connectivity index is 1.51. The number of hydrogen-bond acceptors (Lipinski definition) is 5. The van der Waals surface area contributed by atoms with Crippen molar-refractivity contribution >= 4 is 23.9 Å². The van der Waals surface area contributed by atoms with Crippen molar-refractivity contribution in [3.05, 3.63) is 0 Å². The number of unbranched alkanes of at least 4 members (excludes halogenated alkanes) is 2. The molecule has 6 amide bonds. The number of ether oxygens (including phenoxy) is 1.